The normalized spacial score (nSPS) is 11.5. The smallest absolute Gasteiger partial charge is 0.0677 e. The molecule has 0 saturated carbocycles. The third-order valence-corrected chi connectivity index (χ3v) is 1.91. The van der Waals surface area contributed by atoms with E-state index in [1.54, 1.807) is 0 Å². The second-order valence-corrected chi connectivity index (χ2v) is 3.51. The summed E-state index contributed by atoms with van der Waals surface area (Å²) in [5.41, 5.74) is 2.39. The van der Waals surface area contributed by atoms with E-state index >= 15 is 0 Å². The maximum atomic E-state index is 4.49. The fourth-order valence-corrected chi connectivity index (χ4v) is 1.36. The Morgan fingerprint density at radius 3 is 2.36 bits per heavy atom. The van der Waals surface area contributed by atoms with Crippen LogP contribution in [0.4, 0.5) is 0 Å². The Hall–Kier alpha value is -1.31. The van der Waals surface area contributed by atoms with Crippen LogP contribution in [-0.2, 0) is 0 Å². The zero-order valence-corrected chi connectivity index (χ0v) is 9.20. The summed E-state index contributed by atoms with van der Waals surface area (Å²) in [6.07, 6.45) is 2.16. The first-order chi connectivity index (χ1) is 6.74. The molecule has 0 amide bonds. The topological polar surface area (TPSA) is 15.6 Å². The highest BCUT2D eigenvalue weighted by Gasteiger charge is 2.01. The largest absolute Gasteiger partial charge is 0.303 e. The van der Waals surface area contributed by atoms with Crippen LogP contribution in [-0.4, -0.2) is 24.8 Å². The molecule has 0 heterocycles. The van der Waals surface area contributed by atoms with Gasteiger partial charge in [0.15, 0.2) is 0 Å². The van der Waals surface area contributed by atoms with Crippen LogP contribution in [0.2, 0.25) is 0 Å². The van der Waals surface area contributed by atoms with Gasteiger partial charge in [-0.15, -0.1) is 0 Å². The molecule has 0 spiro atoms. The van der Waals surface area contributed by atoms with Crippen LogP contribution in [0, 0.1) is 0 Å². The van der Waals surface area contributed by atoms with Crippen LogP contribution in [0.5, 0.6) is 0 Å². The zero-order valence-electron chi connectivity index (χ0n) is 9.20. The standard InChI is InChI=1S/C12H18N2/c1-4-8-12(13-14(2)3)11-9-6-5-7-10-11/h5-7,9-10H,4,8H2,1-3H3/b13-12-. The molecule has 0 radical (unpaired) electrons. The molecule has 0 aliphatic heterocycles. The summed E-state index contributed by atoms with van der Waals surface area (Å²) in [5, 5.41) is 6.35. The van der Waals surface area contributed by atoms with E-state index in [-0.39, 0.29) is 0 Å². The third kappa shape index (κ3) is 3.21. The van der Waals surface area contributed by atoms with Gasteiger partial charge in [0.25, 0.3) is 0 Å². The number of benzene rings is 1. The molecule has 0 aliphatic rings. The second kappa shape index (κ2) is 5.43. The Bertz CT molecular complexity index is 288. The first-order valence-electron chi connectivity index (χ1n) is 5.04. The van der Waals surface area contributed by atoms with Gasteiger partial charge < -0.3 is 5.01 Å². The average molecular weight is 190 g/mol. The lowest BCUT2D eigenvalue weighted by molar-refractivity contribution is 0.436. The molecule has 2 nitrogen and oxygen atoms in total. The minimum atomic E-state index is 1.03. The summed E-state index contributed by atoms with van der Waals surface area (Å²) < 4.78 is 0. The molecule has 0 aromatic heterocycles. The van der Waals surface area contributed by atoms with Crippen LogP contribution >= 0.6 is 0 Å². The summed E-state index contributed by atoms with van der Waals surface area (Å²) >= 11 is 0. The van der Waals surface area contributed by atoms with Gasteiger partial charge in [-0.05, 0) is 12.0 Å². The maximum absolute atomic E-state index is 4.49. The highest BCUT2D eigenvalue weighted by molar-refractivity contribution is 6.00. The quantitative estimate of drug-likeness (QED) is 0.526. The predicted octanol–water partition coefficient (Wildman–Crippen LogP) is 2.75. The SMILES string of the molecule is CCC/C(=N/N(C)C)c1ccccc1. The van der Waals surface area contributed by atoms with E-state index in [4.69, 9.17) is 0 Å². The van der Waals surface area contributed by atoms with Crippen molar-refractivity contribution in [3.05, 3.63) is 35.9 Å². The predicted molar refractivity (Wildman–Crippen MR) is 61.6 cm³/mol. The minimum absolute atomic E-state index is 1.03. The van der Waals surface area contributed by atoms with E-state index in [1.165, 1.54) is 5.56 Å². The van der Waals surface area contributed by atoms with Crippen molar-refractivity contribution in [1.29, 1.82) is 0 Å². The molecule has 0 N–H and O–H groups in total. The number of hydrogen-bond acceptors (Lipinski definition) is 2. The molecule has 1 rings (SSSR count). The van der Waals surface area contributed by atoms with Crippen molar-refractivity contribution in [2.24, 2.45) is 5.10 Å². The van der Waals surface area contributed by atoms with Crippen molar-refractivity contribution in [3.8, 4) is 0 Å². The molecular weight excluding hydrogens is 172 g/mol. The monoisotopic (exact) mass is 190 g/mol. The molecule has 1 aromatic carbocycles. The van der Waals surface area contributed by atoms with Gasteiger partial charge in [-0.25, -0.2) is 0 Å². The van der Waals surface area contributed by atoms with Gasteiger partial charge >= 0.3 is 0 Å². The van der Waals surface area contributed by atoms with Crippen molar-refractivity contribution in [2.75, 3.05) is 14.1 Å². The summed E-state index contributed by atoms with van der Waals surface area (Å²) in [6, 6.07) is 10.4. The lowest BCUT2D eigenvalue weighted by Gasteiger charge is -2.10. The number of nitrogens with zero attached hydrogens (tertiary/aromatic N) is 2. The molecule has 0 fully saturated rings. The summed E-state index contributed by atoms with van der Waals surface area (Å²) in [7, 11) is 3.91. The van der Waals surface area contributed by atoms with Gasteiger partial charge in [-0.2, -0.15) is 5.10 Å². The second-order valence-electron chi connectivity index (χ2n) is 3.51. The molecule has 1 aromatic rings. The van der Waals surface area contributed by atoms with Crippen molar-refractivity contribution in [2.45, 2.75) is 19.8 Å². The number of hydrazone groups is 1. The van der Waals surface area contributed by atoms with Gasteiger partial charge in [-0.1, -0.05) is 43.7 Å². The van der Waals surface area contributed by atoms with Gasteiger partial charge in [0, 0.05) is 14.1 Å². The Morgan fingerprint density at radius 1 is 1.21 bits per heavy atom. The van der Waals surface area contributed by atoms with E-state index in [9.17, 15) is 0 Å². The molecule has 14 heavy (non-hydrogen) atoms. The lowest BCUT2D eigenvalue weighted by Crippen LogP contribution is -2.09. The van der Waals surface area contributed by atoms with E-state index in [2.05, 4.69) is 36.3 Å². The Balaban J connectivity index is 2.89. The molecule has 76 valence electrons. The molecule has 0 bridgehead atoms. The average Bonchev–Trinajstić information content (AvgIpc) is 2.18. The van der Waals surface area contributed by atoms with E-state index in [0.717, 1.165) is 18.6 Å². The Morgan fingerprint density at radius 2 is 1.86 bits per heavy atom. The van der Waals surface area contributed by atoms with Crippen LogP contribution in [0.1, 0.15) is 25.3 Å². The van der Waals surface area contributed by atoms with E-state index < -0.39 is 0 Å². The first-order valence-corrected chi connectivity index (χ1v) is 5.04. The molecule has 0 aliphatic carbocycles. The molecule has 0 saturated heterocycles. The molecule has 0 atom stereocenters. The van der Waals surface area contributed by atoms with Crippen LogP contribution in [0.3, 0.4) is 0 Å². The van der Waals surface area contributed by atoms with Crippen molar-refractivity contribution < 1.29 is 0 Å². The van der Waals surface area contributed by atoms with E-state index in [1.807, 2.05) is 25.2 Å². The Labute approximate surface area is 86.2 Å². The summed E-state index contributed by atoms with van der Waals surface area (Å²) in [6.45, 7) is 2.17. The summed E-state index contributed by atoms with van der Waals surface area (Å²) in [4.78, 5) is 0. The van der Waals surface area contributed by atoms with Crippen LogP contribution in [0.25, 0.3) is 0 Å². The fourth-order valence-electron chi connectivity index (χ4n) is 1.36. The summed E-state index contributed by atoms with van der Waals surface area (Å²) in [5.74, 6) is 0. The van der Waals surface area contributed by atoms with E-state index in [0.29, 0.717) is 0 Å². The van der Waals surface area contributed by atoms with Crippen LogP contribution < -0.4 is 0 Å². The number of hydrogen-bond donors (Lipinski definition) is 0. The van der Waals surface area contributed by atoms with Gasteiger partial charge in [0.05, 0.1) is 5.71 Å². The molecule has 2 heteroatoms. The highest BCUT2D eigenvalue weighted by atomic mass is 15.4. The highest BCUT2D eigenvalue weighted by Crippen LogP contribution is 2.06. The zero-order chi connectivity index (χ0) is 10.4. The lowest BCUT2D eigenvalue weighted by atomic mass is 10.1. The van der Waals surface area contributed by atoms with Gasteiger partial charge in [0.1, 0.15) is 0 Å². The third-order valence-electron chi connectivity index (χ3n) is 1.91. The van der Waals surface area contributed by atoms with Crippen molar-refractivity contribution in [3.63, 3.8) is 0 Å². The van der Waals surface area contributed by atoms with Crippen molar-refractivity contribution >= 4 is 5.71 Å². The molecule has 0 unspecified atom stereocenters. The minimum Gasteiger partial charge on any atom is -0.303 e. The molecular formula is C12H18N2. The maximum Gasteiger partial charge on any atom is 0.0677 e. The van der Waals surface area contributed by atoms with Gasteiger partial charge in [-0.3, -0.25) is 0 Å². The van der Waals surface area contributed by atoms with Gasteiger partial charge in [0.2, 0.25) is 0 Å². The number of rotatable bonds is 4. The Kier molecular flexibility index (Phi) is 4.17. The van der Waals surface area contributed by atoms with Crippen LogP contribution in [0.15, 0.2) is 35.4 Å². The first kappa shape index (κ1) is 10.8. The fraction of sp³-hybridized carbons (Fsp3) is 0.417. The van der Waals surface area contributed by atoms with Crippen molar-refractivity contribution in [1.82, 2.24) is 5.01 Å².